The summed E-state index contributed by atoms with van der Waals surface area (Å²) in [6, 6.07) is 0. The Morgan fingerprint density at radius 2 is 2.30 bits per heavy atom. The van der Waals surface area contributed by atoms with Gasteiger partial charge in [0, 0.05) is 12.6 Å². The topological polar surface area (TPSA) is 131 Å². The maximum Gasteiger partial charge on any atom is 0.345 e. The Hall–Kier alpha value is -1.97. The summed E-state index contributed by atoms with van der Waals surface area (Å²) >= 11 is 0. The van der Waals surface area contributed by atoms with Crippen molar-refractivity contribution in [2.24, 2.45) is 0 Å². The number of rotatable bonds is 3. The first kappa shape index (κ1) is 14.4. The number of nitrogens with zero attached hydrogens (tertiary/aromatic N) is 1. The van der Waals surface area contributed by atoms with Crippen molar-refractivity contribution in [3.63, 3.8) is 0 Å². The van der Waals surface area contributed by atoms with Gasteiger partial charge in [0.15, 0.2) is 0 Å². The highest BCUT2D eigenvalue weighted by Gasteiger charge is 2.35. The van der Waals surface area contributed by atoms with Gasteiger partial charge in [-0.1, -0.05) is 0 Å². The van der Waals surface area contributed by atoms with E-state index in [1.54, 1.807) is 0 Å². The molecule has 0 bridgehead atoms. The van der Waals surface area contributed by atoms with Crippen molar-refractivity contribution >= 4 is 5.97 Å². The number of ether oxygens (including phenoxy) is 2. The molecule has 1 aromatic heterocycles. The molecule has 1 aromatic rings. The van der Waals surface area contributed by atoms with Crippen LogP contribution in [0, 0.1) is 0 Å². The minimum Gasteiger partial charge on any atom is -0.465 e. The molecule has 1 aliphatic rings. The van der Waals surface area contributed by atoms with Gasteiger partial charge in [-0.25, -0.2) is 9.59 Å². The van der Waals surface area contributed by atoms with Gasteiger partial charge < -0.3 is 19.7 Å². The van der Waals surface area contributed by atoms with Crippen LogP contribution in [0.4, 0.5) is 0 Å². The molecule has 1 fully saturated rings. The molecule has 1 unspecified atom stereocenters. The Morgan fingerprint density at radius 3 is 2.85 bits per heavy atom. The molecule has 0 radical (unpaired) electrons. The van der Waals surface area contributed by atoms with Gasteiger partial charge in [-0.05, 0) is 0 Å². The van der Waals surface area contributed by atoms with Crippen LogP contribution in [0.2, 0.25) is 0 Å². The van der Waals surface area contributed by atoms with Crippen molar-refractivity contribution in [2.75, 3.05) is 13.7 Å². The Morgan fingerprint density at radius 1 is 1.60 bits per heavy atom. The quantitative estimate of drug-likeness (QED) is 0.546. The number of esters is 1. The molecule has 9 nitrogen and oxygen atoms in total. The fourth-order valence-corrected chi connectivity index (χ4v) is 2.00. The zero-order valence-electron chi connectivity index (χ0n) is 10.6. The van der Waals surface area contributed by atoms with E-state index in [0.717, 1.165) is 17.9 Å². The molecule has 3 N–H and O–H groups in total. The number of carbonyl (C=O) groups excluding carboxylic acids is 1. The number of carbonyl (C=O) groups is 1. The van der Waals surface area contributed by atoms with Crippen molar-refractivity contribution in [3.05, 3.63) is 32.6 Å². The highest BCUT2D eigenvalue weighted by molar-refractivity contribution is 5.88. The average molecular weight is 286 g/mol. The largest absolute Gasteiger partial charge is 0.465 e. The number of nitrogens with one attached hydrogen (secondary N) is 1. The van der Waals surface area contributed by atoms with Crippen molar-refractivity contribution < 1.29 is 24.5 Å². The molecular weight excluding hydrogens is 272 g/mol. The van der Waals surface area contributed by atoms with Gasteiger partial charge >= 0.3 is 11.7 Å². The van der Waals surface area contributed by atoms with Crippen molar-refractivity contribution in [1.29, 1.82) is 0 Å². The molecule has 110 valence electrons. The Labute approximate surface area is 112 Å². The first-order valence-electron chi connectivity index (χ1n) is 5.86. The predicted octanol–water partition coefficient (Wildman–Crippen LogP) is -2.04. The molecule has 0 aromatic carbocycles. The lowest BCUT2D eigenvalue weighted by Crippen LogP contribution is -2.35. The summed E-state index contributed by atoms with van der Waals surface area (Å²) in [5.41, 5.74) is -1.99. The Kier molecular flexibility index (Phi) is 4.02. The molecule has 1 aliphatic heterocycles. The standard InChI is InChI=1S/C11H14N2O7/c1-19-10(17)5-3-13(11(18)12-9(5)16)8-2-6(15)7(4-14)20-8/h3,6-8,14-15H,2,4H2,1H3,(H,12,16,18)/t6?,7-,8-/m1/s1. The van der Waals surface area contributed by atoms with Gasteiger partial charge in [0.25, 0.3) is 5.56 Å². The van der Waals surface area contributed by atoms with E-state index in [2.05, 4.69) is 4.74 Å². The average Bonchev–Trinajstić information content (AvgIpc) is 2.79. The normalized spacial score (nSPS) is 25.6. The highest BCUT2D eigenvalue weighted by atomic mass is 16.5. The first-order chi connectivity index (χ1) is 9.47. The summed E-state index contributed by atoms with van der Waals surface area (Å²) in [5, 5.41) is 18.6. The summed E-state index contributed by atoms with van der Waals surface area (Å²) in [5.74, 6) is -0.891. The van der Waals surface area contributed by atoms with E-state index < -0.39 is 42.3 Å². The summed E-state index contributed by atoms with van der Waals surface area (Å²) in [6.45, 7) is -0.403. The molecule has 2 rings (SSSR count). The van der Waals surface area contributed by atoms with E-state index in [1.807, 2.05) is 4.98 Å². The Balaban J connectivity index is 2.40. The monoisotopic (exact) mass is 286 g/mol. The lowest BCUT2D eigenvalue weighted by atomic mass is 10.2. The number of H-pyrrole nitrogens is 1. The van der Waals surface area contributed by atoms with Crippen LogP contribution >= 0.6 is 0 Å². The van der Waals surface area contributed by atoms with Crippen LogP contribution in [-0.4, -0.2) is 51.7 Å². The molecule has 0 spiro atoms. The van der Waals surface area contributed by atoms with E-state index in [-0.39, 0.29) is 12.0 Å². The third-order valence-corrected chi connectivity index (χ3v) is 3.07. The molecular formula is C11H14N2O7. The predicted molar refractivity (Wildman–Crippen MR) is 64.3 cm³/mol. The summed E-state index contributed by atoms with van der Waals surface area (Å²) < 4.78 is 10.7. The minimum atomic E-state index is -0.939. The third kappa shape index (κ3) is 2.50. The van der Waals surface area contributed by atoms with Crippen molar-refractivity contribution in [2.45, 2.75) is 24.9 Å². The number of aromatic amines is 1. The van der Waals surface area contributed by atoms with Crippen molar-refractivity contribution in [1.82, 2.24) is 9.55 Å². The molecule has 20 heavy (non-hydrogen) atoms. The van der Waals surface area contributed by atoms with Gasteiger partial charge in [0.2, 0.25) is 0 Å². The summed E-state index contributed by atoms with van der Waals surface area (Å²) in [6.07, 6.45) is -1.57. The second-order valence-electron chi connectivity index (χ2n) is 4.32. The van der Waals surface area contributed by atoms with Gasteiger partial charge in [0.1, 0.15) is 17.9 Å². The van der Waals surface area contributed by atoms with Gasteiger partial charge in [0.05, 0.1) is 19.8 Å². The number of methoxy groups -OCH3 is 1. The van der Waals surface area contributed by atoms with Gasteiger partial charge in [-0.15, -0.1) is 0 Å². The first-order valence-corrected chi connectivity index (χ1v) is 5.86. The minimum absolute atomic E-state index is 0.0534. The summed E-state index contributed by atoms with van der Waals surface area (Å²) in [7, 11) is 1.11. The zero-order valence-corrected chi connectivity index (χ0v) is 10.6. The maximum absolute atomic E-state index is 11.7. The second kappa shape index (κ2) is 5.57. The second-order valence-corrected chi connectivity index (χ2v) is 4.32. The van der Waals surface area contributed by atoms with E-state index >= 15 is 0 Å². The molecule has 0 aliphatic carbocycles. The smallest absolute Gasteiger partial charge is 0.345 e. The summed E-state index contributed by atoms with van der Waals surface area (Å²) in [4.78, 5) is 36.6. The lowest BCUT2D eigenvalue weighted by molar-refractivity contribution is -0.0460. The molecule has 3 atom stereocenters. The fourth-order valence-electron chi connectivity index (χ4n) is 2.00. The van der Waals surface area contributed by atoms with Crippen LogP contribution in [0.1, 0.15) is 23.0 Å². The van der Waals surface area contributed by atoms with E-state index in [9.17, 15) is 19.5 Å². The van der Waals surface area contributed by atoms with Crippen LogP contribution in [0.5, 0.6) is 0 Å². The van der Waals surface area contributed by atoms with Gasteiger partial charge in [-0.3, -0.25) is 14.3 Å². The zero-order chi connectivity index (χ0) is 14.9. The SMILES string of the molecule is COC(=O)c1cn([C@H]2CC(O)[C@@H](CO)O2)c(=O)[nH]c1=O. The van der Waals surface area contributed by atoms with Gasteiger partial charge in [-0.2, -0.15) is 0 Å². The van der Waals surface area contributed by atoms with Crippen LogP contribution in [-0.2, 0) is 9.47 Å². The number of hydrogen-bond donors (Lipinski definition) is 3. The number of aliphatic hydroxyl groups excluding tert-OH is 2. The Bertz CT molecular complexity index is 620. The molecule has 9 heteroatoms. The molecule has 1 saturated heterocycles. The third-order valence-electron chi connectivity index (χ3n) is 3.07. The number of hydrogen-bond acceptors (Lipinski definition) is 7. The van der Waals surface area contributed by atoms with Crippen LogP contribution < -0.4 is 11.2 Å². The molecule has 2 heterocycles. The van der Waals surface area contributed by atoms with E-state index in [4.69, 9.17) is 9.84 Å². The van der Waals surface area contributed by atoms with Crippen LogP contribution in [0.25, 0.3) is 0 Å². The molecule has 0 amide bonds. The maximum atomic E-state index is 11.7. The van der Waals surface area contributed by atoms with Crippen LogP contribution in [0.3, 0.4) is 0 Å². The van der Waals surface area contributed by atoms with E-state index in [0.29, 0.717) is 0 Å². The van der Waals surface area contributed by atoms with E-state index in [1.165, 1.54) is 0 Å². The highest BCUT2D eigenvalue weighted by Crippen LogP contribution is 2.27. The number of aromatic nitrogens is 2. The molecule has 0 saturated carbocycles. The lowest BCUT2D eigenvalue weighted by Gasteiger charge is -2.14. The fraction of sp³-hybridized carbons (Fsp3) is 0.545. The van der Waals surface area contributed by atoms with Crippen LogP contribution in [0.15, 0.2) is 15.8 Å². The van der Waals surface area contributed by atoms with Crippen molar-refractivity contribution in [3.8, 4) is 0 Å². The number of aliphatic hydroxyl groups is 2.